The zero-order chi connectivity index (χ0) is 24.3. The predicted octanol–water partition coefficient (Wildman–Crippen LogP) is 3.17. The molecule has 1 aromatic carbocycles. The molecule has 8 heteroatoms. The summed E-state index contributed by atoms with van der Waals surface area (Å²) in [5.74, 6) is 0.558. The SMILES string of the molecule is CCOc1ccc(-c2cc3n(n2)C[C@@](C)(C(=O)NC2CCCCC2)N(CCN(C)C)C3=O)cc1. The van der Waals surface area contributed by atoms with Crippen LogP contribution in [0.5, 0.6) is 5.75 Å². The zero-order valence-electron chi connectivity index (χ0n) is 20.8. The number of rotatable bonds is 8. The first-order chi connectivity index (χ1) is 16.3. The lowest BCUT2D eigenvalue weighted by Gasteiger charge is -2.44. The van der Waals surface area contributed by atoms with Gasteiger partial charge in [-0.2, -0.15) is 5.10 Å². The van der Waals surface area contributed by atoms with Crippen molar-refractivity contribution in [3.05, 3.63) is 36.0 Å². The van der Waals surface area contributed by atoms with Gasteiger partial charge < -0.3 is 19.9 Å². The van der Waals surface area contributed by atoms with Crippen LogP contribution in [0.15, 0.2) is 30.3 Å². The fraction of sp³-hybridized carbons (Fsp3) is 0.577. The Morgan fingerprint density at radius 3 is 2.56 bits per heavy atom. The number of nitrogens with zero attached hydrogens (tertiary/aromatic N) is 4. The van der Waals surface area contributed by atoms with E-state index >= 15 is 0 Å². The van der Waals surface area contributed by atoms with Gasteiger partial charge in [-0.3, -0.25) is 14.3 Å². The Labute approximate surface area is 202 Å². The number of amides is 2. The van der Waals surface area contributed by atoms with Crippen LogP contribution >= 0.6 is 0 Å². The largest absolute Gasteiger partial charge is 0.494 e. The monoisotopic (exact) mass is 467 g/mol. The number of carbonyl (C=O) groups is 2. The summed E-state index contributed by atoms with van der Waals surface area (Å²) in [6.07, 6.45) is 5.51. The molecule has 0 spiro atoms. The van der Waals surface area contributed by atoms with Crippen LogP contribution in [0.1, 0.15) is 56.4 Å². The lowest BCUT2D eigenvalue weighted by atomic mass is 9.91. The highest BCUT2D eigenvalue weighted by atomic mass is 16.5. The second kappa shape index (κ2) is 10.2. The van der Waals surface area contributed by atoms with Gasteiger partial charge in [-0.1, -0.05) is 19.3 Å². The Morgan fingerprint density at radius 1 is 1.21 bits per heavy atom. The van der Waals surface area contributed by atoms with Crippen LogP contribution in [-0.4, -0.2) is 76.8 Å². The summed E-state index contributed by atoms with van der Waals surface area (Å²) in [6.45, 7) is 5.92. The van der Waals surface area contributed by atoms with E-state index < -0.39 is 5.54 Å². The van der Waals surface area contributed by atoms with Crippen LogP contribution in [0, 0.1) is 0 Å². The van der Waals surface area contributed by atoms with Gasteiger partial charge in [-0.05, 0) is 71.1 Å². The van der Waals surface area contributed by atoms with Crippen LogP contribution < -0.4 is 10.1 Å². The Kier molecular flexibility index (Phi) is 7.26. The topological polar surface area (TPSA) is 79.7 Å². The molecule has 1 saturated carbocycles. The minimum atomic E-state index is -1.00. The number of hydrogen-bond donors (Lipinski definition) is 1. The fourth-order valence-corrected chi connectivity index (χ4v) is 4.91. The summed E-state index contributed by atoms with van der Waals surface area (Å²) in [6, 6.07) is 9.72. The van der Waals surface area contributed by atoms with Crippen molar-refractivity contribution < 1.29 is 14.3 Å². The van der Waals surface area contributed by atoms with E-state index in [9.17, 15) is 9.59 Å². The number of hydrogen-bond acceptors (Lipinski definition) is 5. The molecule has 8 nitrogen and oxygen atoms in total. The first-order valence-electron chi connectivity index (χ1n) is 12.4. The van der Waals surface area contributed by atoms with Crippen LogP contribution in [0.4, 0.5) is 0 Å². The summed E-state index contributed by atoms with van der Waals surface area (Å²) in [5.41, 5.74) is 1.15. The number of likely N-dealkylation sites (N-methyl/N-ethyl adjacent to an activating group) is 1. The number of aromatic nitrogens is 2. The van der Waals surface area contributed by atoms with E-state index in [4.69, 9.17) is 9.84 Å². The molecule has 1 atom stereocenters. The molecule has 2 amide bonds. The summed E-state index contributed by atoms with van der Waals surface area (Å²) in [4.78, 5) is 31.0. The van der Waals surface area contributed by atoms with E-state index in [0.29, 0.717) is 31.9 Å². The molecule has 2 aliphatic rings. The average molecular weight is 468 g/mol. The molecule has 2 heterocycles. The van der Waals surface area contributed by atoms with Gasteiger partial charge >= 0.3 is 0 Å². The first kappa shape index (κ1) is 24.3. The number of nitrogens with one attached hydrogen (secondary N) is 1. The summed E-state index contributed by atoms with van der Waals surface area (Å²) < 4.78 is 7.25. The highest BCUT2D eigenvalue weighted by molar-refractivity contribution is 6.00. The molecule has 184 valence electrons. The van der Waals surface area contributed by atoms with E-state index in [1.165, 1.54) is 6.42 Å². The lowest BCUT2D eigenvalue weighted by molar-refractivity contribution is -0.134. The van der Waals surface area contributed by atoms with Gasteiger partial charge in [0.1, 0.15) is 17.0 Å². The molecule has 1 aliphatic carbocycles. The highest BCUT2D eigenvalue weighted by Crippen LogP contribution is 2.31. The zero-order valence-corrected chi connectivity index (χ0v) is 20.8. The Morgan fingerprint density at radius 2 is 1.91 bits per heavy atom. The van der Waals surface area contributed by atoms with Gasteiger partial charge in [-0.25, -0.2) is 0 Å². The van der Waals surface area contributed by atoms with Gasteiger partial charge in [0, 0.05) is 24.7 Å². The molecule has 34 heavy (non-hydrogen) atoms. The standard InChI is InChI=1S/C26H37N5O3/c1-5-34-21-13-11-19(12-14-21)22-17-23-24(32)30(16-15-29(3)4)26(2,18-31(23)28-22)25(33)27-20-9-7-6-8-10-20/h11-14,17,20H,5-10,15-16,18H2,1-4H3,(H,27,33)/t26-/m0/s1. The molecular formula is C26H37N5O3. The third-order valence-corrected chi connectivity index (χ3v) is 6.96. The normalized spacial score (nSPS) is 21.0. The maximum Gasteiger partial charge on any atom is 0.273 e. The van der Waals surface area contributed by atoms with E-state index in [1.54, 1.807) is 9.58 Å². The van der Waals surface area contributed by atoms with Crippen LogP contribution in [0.2, 0.25) is 0 Å². The molecule has 1 fully saturated rings. The Balaban J connectivity index is 1.63. The second-order valence-corrected chi connectivity index (χ2v) is 9.87. The predicted molar refractivity (Wildman–Crippen MR) is 132 cm³/mol. The number of carbonyl (C=O) groups excluding carboxylic acids is 2. The smallest absolute Gasteiger partial charge is 0.273 e. The van der Waals surface area contributed by atoms with Crippen molar-refractivity contribution in [1.82, 2.24) is 24.9 Å². The Hall–Kier alpha value is -2.87. The minimum Gasteiger partial charge on any atom is -0.494 e. The third kappa shape index (κ3) is 4.97. The molecule has 0 unspecified atom stereocenters. The highest BCUT2D eigenvalue weighted by Gasteiger charge is 2.48. The van der Waals surface area contributed by atoms with E-state index in [0.717, 1.165) is 42.7 Å². The lowest BCUT2D eigenvalue weighted by Crippen LogP contribution is -2.65. The van der Waals surface area contributed by atoms with Crippen molar-refractivity contribution >= 4 is 11.8 Å². The van der Waals surface area contributed by atoms with Crippen molar-refractivity contribution in [2.24, 2.45) is 0 Å². The molecule has 1 aliphatic heterocycles. The van der Waals surface area contributed by atoms with Gasteiger partial charge in [0.25, 0.3) is 5.91 Å². The quantitative estimate of drug-likeness (QED) is 0.645. The molecular weight excluding hydrogens is 430 g/mol. The number of ether oxygens (including phenoxy) is 1. The van der Waals surface area contributed by atoms with Crippen molar-refractivity contribution in [2.45, 2.75) is 64.1 Å². The van der Waals surface area contributed by atoms with Crippen LogP contribution in [-0.2, 0) is 11.3 Å². The van der Waals surface area contributed by atoms with E-state index in [2.05, 4.69) is 5.32 Å². The Bertz CT molecular complexity index is 1010. The number of fused-ring (bicyclic) bond motifs is 1. The van der Waals surface area contributed by atoms with E-state index in [-0.39, 0.29) is 17.9 Å². The molecule has 1 aromatic heterocycles. The van der Waals surface area contributed by atoms with Crippen molar-refractivity contribution in [3.63, 3.8) is 0 Å². The maximum atomic E-state index is 13.7. The maximum absolute atomic E-state index is 13.7. The summed E-state index contributed by atoms with van der Waals surface area (Å²) in [7, 11) is 3.95. The van der Waals surface area contributed by atoms with Gasteiger partial charge in [0.05, 0.1) is 18.8 Å². The van der Waals surface area contributed by atoms with Crippen LogP contribution in [0.3, 0.4) is 0 Å². The second-order valence-electron chi connectivity index (χ2n) is 9.87. The van der Waals surface area contributed by atoms with Crippen molar-refractivity contribution in [1.29, 1.82) is 0 Å². The van der Waals surface area contributed by atoms with Crippen molar-refractivity contribution in [2.75, 3.05) is 33.8 Å². The fourth-order valence-electron chi connectivity index (χ4n) is 4.91. The summed E-state index contributed by atoms with van der Waals surface area (Å²) in [5, 5.41) is 7.99. The van der Waals surface area contributed by atoms with Gasteiger partial charge in [0.2, 0.25) is 5.91 Å². The van der Waals surface area contributed by atoms with Gasteiger partial charge in [-0.15, -0.1) is 0 Å². The van der Waals surface area contributed by atoms with Crippen molar-refractivity contribution in [3.8, 4) is 17.0 Å². The average Bonchev–Trinajstić information content (AvgIpc) is 3.24. The molecule has 0 bridgehead atoms. The van der Waals surface area contributed by atoms with Gasteiger partial charge in [0.15, 0.2) is 0 Å². The molecule has 0 saturated heterocycles. The summed E-state index contributed by atoms with van der Waals surface area (Å²) >= 11 is 0. The van der Waals surface area contributed by atoms with Crippen LogP contribution in [0.25, 0.3) is 11.3 Å². The van der Waals surface area contributed by atoms with E-state index in [1.807, 2.05) is 63.2 Å². The molecule has 0 radical (unpaired) electrons. The molecule has 2 aromatic rings. The minimum absolute atomic E-state index is 0.0877. The number of benzene rings is 1. The molecule has 4 rings (SSSR count). The molecule has 1 N–H and O–H groups in total. The third-order valence-electron chi connectivity index (χ3n) is 6.96. The first-order valence-corrected chi connectivity index (χ1v) is 12.4.